The van der Waals surface area contributed by atoms with E-state index in [1.54, 1.807) is 24.1 Å². The van der Waals surface area contributed by atoms with E-state index < -0.39 is 5.60 Å². The second-order valence-corrected chi connectivity index (χ2v) is 5.63. The predicted molar refractivity (Wildman–Crippen MR) is 70.4 cm³/mol. The minimum absolute atomic E-state index is 0.0572. The minimum Gasteiger partial charge on any atom is -0.397 e. The maximum Gasteiger partial charge on any atom is 0.270 e. The molecule has 0 saturated carbocycles. The van der Waals surface area contributed by atoms with Gasteiger partial charge in [0.15, 0.2) is 0 Å². The molecule has 18 heavy (non-hydrogen) atoms. The van der Waals surface area contributed by atoms with Crippen LogP contribution < -0.4 is 5.73 Å². The first-order chi connectivity index (χ1) is 8.30. The van der Waals surface area contributed by atoms with Crippen LogP contribution in [0.4, 0.5) is 5.69 Å². The van der Waals surface area contributed by atoms with Crippen LogP contribution in [-0.2, 0) is 0 Å². The van der Waals surface area contributed by atoms with Crippen LogP contribution in [-0.4, -0.2) is 39.2 Å². The third-order valence-corrected chi connectivity index (χ3v) is 3.38. The van der Waals surface area contributed by atoms with Gasteiger partial charge < -0.3 is 20.3 Å². The summed E-state index contributed by atoms with van der Waals surface area (Å²) in [7, 11) is 0. The van der Waals surface area contributed by atoms with Crippen LogP contribution in [0, 0.1) is 0 Å². The summed E-state index contributed by atoms with van der Waals surface area (Å²) in [6.07, 6.45) is 2.41. The van der Waals surface area contributed by atoms with Gasteiger partial charge >= 0.3 is 0 Å². The Balaban J connectivity index is 2.24. The second-order valence-electron chi connectivity index (χ2n) is 5.63. The van der Waals surface area contributed by atoms with E-state index in [-0.39, 0.29) is 11.9 Å². The van der Waals surface area contributed by atoms with Crippen LogP contribution in [0.5, 0.6) is 0 Å². The summed E-state index contributed by atoms with van der Waals surface area (Å²) in [6, 6.07) is 1.89. The van der Waals surface area contributed by atoms with Crippen LogP contribution >= 0.6 is 0 Å². The fourth-order valence-corrected chi connectivity index (χ4v) is 2.38. The van der Waals surface area contributed by atoms with Crippen molar-refractivity contribution in [2.75, 3.05) is 18.8 Å². The van der Waals surface area contributed by atoms with Crippen molar-refractivity contribution in [1.82, 2.24) is 9.47 Å². The molecule has 0 aliphatic carbocycles. The molecule has 1 aliphatic heterocycles. The van der Waals surface area contributed by atoms with E-state index >= 15 is 0 Å². The molecule has 100 valence electrons. The number of carbonyl (C=O) groups excluding carboxylic acids is 1. The number of amides is 1. The Morgan fingerprint density at radius 1 is 1.56 bits per heavy atom. The van der Waals surface area contributed by atoms with Crippen molar-refractivity contribution in [3.63, 3.8) is 0 Å². The third kappa shape index (κ3) is 2.36. The zero-order chi connectivity index (χ0) is 13.5. The lowest BCUT2D eigenvalue weighted by atomic mass is 10.1. The topological polar surface area (TPSA) is 71.5 Å². The highest BCUT2D eigenvalue weighted by Gasteiger charge is 2.35. The quantitative estimate of drug-likeness (QED) is 0.831. The van der Waals surface area contributed by atoms with Gasteiger partial charge in [-0.15, -0.1) is 0 Å². The summed E-state index contributed by atoms with van der Waals surface area (Å²) in [5.41, 5.74) is 6.19. The average Bonchev–Trinajstić information content (AvgIpc) is 2.80. The van der Waals surface area contributed by atoms with Gasteiger partial charge in [-0.2, -0.15) is 0 Å². The zero-order valence-electron chi connectivity index (χ0n) is 11.2. The van der Waals surface area contributed by atoms with E-state index in [0.717, 1.165) is 0 Å². The van der Waals surface area contributed by atoms with E-state index in [1.807, 2.05) is 18.4 Å². The smallest absolute Gasteiger partial charge is 0.270 e. The Morgan fingerprint density at radius 3 is 2.72 bits per heavy atom. The molecule has 0 spiro atoms. The van der Waals surface area contributed by atoms with Gasteiger partial charge in [0.05, 0.1) is 11.3 Å². The number of hydrogen-bond donors (Lipinski definition) is 2. The molecule has 1 unspecified atom stereocenters. The van der Waals surface area contributed by atoms with Crippen LogP contribution in [0.15, 0.2) is 12.3 Å². The first kappa shape index (κ1) is 13.0. The summed E-state index contributed by atoms with van der Waals surface area (Å²) in [6.45, 7) is 6.76. The summed E-state index contributed by atoms with van der Waals surface area (Å²) < 4.78 is 1.88. The first-order valence-corrected chi connectivity index (χ1v) is 6.29. The number of hydrogen-bond acceptors (Lipinski definition) is 3. The molecule has 1 fully saturated rings. The molecule has 2 rings (SSSR count). The van der Waals surface area contributed by atoms with Crippen molar-refractivity contribution < 1.29 is 9.90 Å². The summed E-state index contributed by atoms with van der Waals surface area (Å²) >= 11 is 0. The molecule has 2 heterocycles. The molecule has 5 heteroatoms. The Labute approximate surface area is 107 Å². The summed E-state index contributed by atoms with van der Waals surface area (Å²) in [5.74, 6) is -0.0572. The number of aromatic nitrogens is 1. The number of nitrogens with zero attached hydrogens (tertiary/aromatic N) is 2. The Hall–Kier alpha value is -1.49. The first-order valence-electron chi connectivity index (χ1n) is 6.29. The Bertz CT molecular complexity index is 463. The summed E-state index contributed by atoms with van der Waals surface area (Å²) in [5, 5.41) is 9.92. The van der Waals surface area contributed by atoms with Crippen molar-refractivity contribution >= 4 is 11.6 Å². The molecule has 1 amide bonds. The van der Waals surface area contributed by atoms with Gasteiger partial charge in [-0.25, -0.2) is 0 Å². The number of nitrogens with two attached hydrogens (primary N) is 1. The predicted octanol–water partition coefficient (Wildman–Crippen LogP) is 1.25. The second kappa shape index (κ2) is 4.31. The van der Waals surface area contributed by atoms with Crippen molar-refractivity contribution in [3.05, 3.63) is 18.0 Å². The van der Waals surface area contributed by atoms with Gasteiger partial charge in [0.25, 0.3) is 5.91 Å². The Morgan fingerprint density at radius 2 is 2.22 bits per heavy atom. The standard InChI is InChI=1S/C13H21N3O2/c1-9(2)16-7-10(14)6-11(16)12(17)15-5-4-13(3,18)8-15/h6-7,9,18H,4-5,8,14H2,1-3H3. The maximum atomic E-state index is 12.4. The highest BCUT2D eigenvalue weighted by molar-refractivity contribution is 5.94. The van der Waals surface area contributed by atoms with Gasteiger partial charge in [-0.05, 0) is 33.3 Å². The number of carbonyl (C=O) groups is 1. The summed E-state index contributed by atoms with van der Waals surface area (Å²) in [4.78, 5) is 14.1. The van der Waals surface area contributed by atoms with Gasteiger partial charge in [-0.3, -0.25) is 4.79 Å². The number of rotatable bonds is 2. The van der Waals surface area contributed by atoms with Crippen molar-refractivity contribution in [3.8, 4) is 0 Å². The van der Waals surface area contributed by atoms with Crippen LogP contribution in [0.1, 0.15) is 43.7 Å². The SMILES string of the molecule is CC(C)n1cc(N)cc1C(=O)N1CCC(C)(O)C1. The molecule has 3 N–H and O–H groups in total. The molecule has 1 atom stereocenters. The fourth-order valence-electron chi connectivity index (χ4n) is 2.38. The molecule has 0 radical (unpaired) electrons. The average molecular weight is 251 g/mol. The molecular weight excluding hydrogens is 230 g/mol. The third-order valence-electron chi connectivity index (χ3n) is 3.38. The zero-order valence-corrected chi connectivity index (χ0v) is 11.2. The monoisotopic (exact) mass is 251 g/mol. The molecule has 0 bridgehead atoms. The minimum atomic E-state index is -0.767. The van der Waals surface area contributed by atoms with Crippen LogP contribution in [0.3, 0.4) is 0 Å². The van der Waals surface area contributed by atoms with Gasteiger partial charge in [0, 0.05) is 25.3 Å². The van der Waals surface area contributed by atoms with Crippen molar-refractivity contribution in [2.24, 2.45) is 0 Å². The highest BCUT2D eigenvalue weighted by Crippen LogP contribution is 2.24. The largest absolute Gasteiger partial charge is 0.397 e. The molecule has 5 nitrogen and oxygen atoms in total. The normalized spacial score (nSPS) is 23.9. The van der Waals surface area contributed by atoms with E-state index in [4.69, 9.17) is 5.73 Å². The molecule has 1 aliphatic rings. The number of aliphatic hydroxyl groups is 1. The fraction of sp³-hybridized carbons (Fsp3) is 0.615. The van der Waals surface area contributed by atoms with Crippen molar-refractivity contribution in [2.45, 2.75) is 38.8 Å². The van der Waals surface area contributed by atoms with Crippen LogP contribution in [0.25, 0.3) is 0 Å². The van der Waals surface area contributed by atoms with E-state index in [9.17, 15) is 9.90 Å². The van der Waals surface area contributed by atoms with Gasteiger partial charge in [0.2, 0.25) is 0 Å². The molecule has 1 aromatic heterocycles. The lowest BCUT2D eigenvalue weighted by Gasteiger charge is -2.20. The van der Waals surface area contributed by atoms with Gasteiger partial charge in [-0.1, -0.05) is 0 Å². The van der Waals surface area contributed by atoms with E-state index in [1.165, 1.54) is 0 Å². The maximum absolute atomic E-state index is 12.4. The Kier molecular flexibility index (Phi) is 3.11. The lowest BCUT2D eigenvalue weighted by molar-refractivity contribution is 0.0565. The molecule has 1 saturated heterocycles. The highest BCUT2D eigenvalue weighted by atomic mass is 16.3. The number of likely N-dealkylation sites (tertiary alicyclic amines) is 1. The molecule has 1 aromatic rings. The number of anilines is 1. The van der Waals surface area contributed by atoms with E-state index in [0.29, 0.717) is 30.9 Å². The molecule has 0 aromatic carbocycles. The van der Waals surface area contributed by atoms with Gasteiger partial charge in [0.1, 0.15) is 5.69 Å². The molecular formula is C13H21N3O2. The van der Waals surface area contributed by atoms with Crippen LogP contribution in [0.2, 0.25) is 0 Å². The van der Waals surface area contributed by atoms with Crippen molar-refractivity contribution in [1.29, 1.82) is 0 Å². The lowest BCUT2D eigenvalue weighted by Crippen LogP contribution is -2.35. The number of nitrogen functional groups attached to an aromatic ring is 1. The van der Waals surface area contributed by atoms with E-state index in [2.05, 4.69) is 0 Å². The number of β-amino-alcohol motifs (C(OH)–C–C–N with tert-alkyl or cyclic N) is 1.